The second kappa shape index (κ2) is 7.89. The van der Waals surface area contributed by atoms with Crippen molar-refractivity contribution >= 4 is 30.6 Å². The molecule has 2 rings (SSSR count). The minimum absolute atomic E-state index is 0.0565. The van der Waals surface area contributed by atoms with E-state index in [0.29, 0.717) is 5.25 Å². The Hall–Kier alpha value is -0.710. The van der Waals surface area contributed by atoms with Crippen LogP contribution in [0.15, 0.2) is 47.5 Å². The molecule has 2 unspecified atom stereocenters. The van der Waals surface area contributed by atoms with E-state index in [1.807, 2.05) is 18.0 Å². The van der Waals surface area contributed by atoms with Gasteiger partial charge in [0.15, 0.2) is 0 Å². The van der Waals surface area contributed by atoms with E-state index in [1.165, 1.54) is 5.56 Å². The lowest BCUT2D eigenvalue weighted by Crippen LogP contribution is -2.58. The fourth-order valence-corrected chi connectivity index (χ4v) is 4.74. The lowest BCUT2D eigenvalue weighted by molar-refractivity contribution is 0.307. The van der Waals surface area contributed by atoms with Gasteiger partial charge in [-0.15, -0.1) is 0 Å². The van der Waals surface area contributed by atoms with Crippen molar-refractivity contribution in [2.45, 2.75) is 67.9 Å². The molecule has 1 aromatic rings. The van der Waals surface area contributed by atoms with Crippen molar-refractivity contribution in [3.63, 3.8) is 0 Å². The molecule has 25 heavy (non-hydrogen) atoms. The van der Waals surface area contributed by atoms with Gasteiger partial charge in [0, 0.05) is 23.0 Å². The van der Waals surface area contributed by atoms with Gasteiger partial charge in [-0.05, 0) is 50.7 Å². The Balaban J connectivity index is 2.44. The molecule has 0 saturated carbocycles. The highest BCUT2D eigenvalue weighted by molar-refractivity contribution is 8.00. The smallest absolute Gasteiger partial charge is 0.118 e. The maximum Gasteiger partial charge on any atom is 0.118 e. The van der Waals surface area contributed by atoms with Crippen LogP contribution in [0.4, 0.5) is 0 Å². The van der Waals surface area contributed by atoms with Gasteiger partial charge in [0.05, 0.1) is 5.25 Å². The van der Waals surface area contributed by atoms with Crippen molar-refractivity contribution in [2.24, 2.45) is 4.99 Å². The molecule has 4 heteroatoms. The Labute approximate surface area is 163 Å². The van der Waals surface area contributed by atoms with Crippen molar-refractivity contribution in [2.75, 3.05) is 6.54 Å². The summed E-state index contributed by atoms with van der Waals surface area (Å²) in [7, 11) is 0. The third-order valence-electron chi connectivity index (χ3n) is 4.40. The Morgan fingerprint density at radius 3 is 2.28 bits per heavy atom. The first-order valence-corrected chi connectivity index (χ1v) is 10.4. The highest BCUT2D eigenvalue weighted by Crippen LogP contribution is 2.46. The third-order valence-corrected chi connectivity index (χ3v) is 6.32. The molecule has 0 aromatic heterocycles. The van der Waals surface area contributed by atoms with E-state index in [1.54, 1.807) is 0 Å². The summed E-state index contributed by atoms with van der Waals surface area (Å²) in [5.41, 5.74) is 0.794. The summed E-state index contributed by atoms with van der Waals surface area (Å²) in [5.74, 6) is 0. The Kier molecular flexibility index (Phi) is 6.50. The molecule has 0 radical (unpaired) electrons. The van der Waals surface area contributed by atoms with Gasteiger partial charge in [-0.3, -0.25) is 4.99 Å². The van der Waals surface area contributed by atoms with E-state index in [4.69, 9.17) is 17.6 Å². The zero-order valence-corrected chi connectivity index (χ0v) is 18.0. The number of hydrogen-bond donors (Lipinski definition) is 2. The van der Waals surface area contributed by atoms with Crippen LogP contribution in [0.2, 0.25) is 0 Å². The number of rotatable bonds is 8. The highest BCUT2D eigenvalue weighted by Gasteiger charge is 2.48. The second-order valence-electron chi connectivity index (χ2n) is 8.28. The molecule has 0 saturated heterocycles. The molecule has 138 valence electrons. The largest absolute Gasteiger partial charge is 0.309 e. The number of hydrogen-bond acceptors (Lipinski definition) is 4. The fourth-order valence-electron chi connectivity index (χ4n) is 3.21. The number of thiol groups is 1. The molecular weight excluding hydrogens is 344 g/mol. The fraction of sp³-hybridized carbons (Fsp3) is 0.571. The second-order valence-corrected chi connectivity index (χ2v) is 11.2. The first-order chi connectivity index (χ1) is 11.6. The highest BCUT2D eigenvalue weighted by atomic mass is 32.2. The Morgan fingerprint density at radius 2 is 1.80 bits per heavy atom. The molecule has 0 spiro atoms. The van der Waals surface area contributed by atoms with Crippen molar-refractivity contribution in [1.29, 1.82) is 0 Å². The standard InChI is InChI=1S/C21H32N2S2/c1-16(2)25-18(20(5,6)23-15-19(3,4)24)21(13-10-14-22-21)17-11-8-7-9-12-17/h7-14,16,18,23-24H,15H2,1-6H3. The molecule has 1 aliphatic rings. The summed E-state index contributed by atoms with van der Waals surface area (Å²) in [6.45, 7) is 14.2. The number of aliphatic imine (C=N–C) groups is 1. The van der Waals surface area contributed by atoms with Gasteiger partial charge in [0.1, 0.15) is 5.54 Å². The van der Waals surface area contributed by atoms with E-state index in [-0.39, 0.29) is 21.1 Å². The van der Waals surface area contributed by atoms with Gasteiger partial charge in [-0.2, -0.15) is 24.4 Å². The number of nitrogens with zero attached hydrogens (tertiary/aromatic N) is 1. The number of nitrogens with one attached hydrogen (secondary N) is 1. The summed E-state index contributed by atoms with van der Waals surface area (Å²) in [6, 6.07) is 10.7. The van der Waals surface area contributed by atoms with E-state index < -0.39 is 0 Å². The third kappa shape index (κ3) is 5.15. The van der Waals surface area contributed by atoms with Gasteiger partial charge >= 0.3 is 0 Å². The summed E-state index contributed by atoms with van der Waals surface area (Å²) in [4.78, 5) is 4.99. The minimum atomic E-state index is -0.340. The summed E-state index contributed by atoms with van der Waals surface area (Å²) in [6.07, 6.45) is 6.29. The molecule has 1 aromatic carbocycles. The summed E-state index contributed by atoms with van der Waals surface area (Å²) >= 11 is 6.69. The van der Waals surface area contributed by atoms with Gasteiger partial charge in [0.2, 0.25) is 0 Å². The van der Waals surface area contributed by atoms with Crippen LogP contribution in [0.25, 0.3) is 0 Å². The summed E-state index contributed by atoms with van der Waals surface area (Å²) < 4.78 is -0.0565. The normalized spacial score (nSPS) is 21.9. The maximum absolute atomic E-state index is 4.99. The first-order valence-electron chi connectivity index (χ1n) is 8.98. The quantitative estimate of drug-likeness (QED) is 0.616. The number of allylic oxidation sites excluding steroid dienone is 1. The number of thioether (sulfide) groups is 1. The van der Waals surface area contributed by atoms with Gasteiger partial charge in [-0.25, -0.2) is 0 Å². The van der Waals surface area contributed by atoms with Crippen molar-refractivity contribution < 1.29 is 0 Å². The van der Waals surface area contributed by atoms with Crippen LogP contribution in [0.3, 0.4) is 0 Å². The topological polar surface area (TPSA) is 24.4 Å². The molecule has 1 aliphatic heterocycles. The maximum atomic E-state index is 4.99. The van der Waals surface area contributed by atoms with Crippen LogP contribution in [0.5, 0.6) is 0 Å². The number of benzene rings is 1. The Morgan fingerprint density at radius 1 is 1.16 bits per heavy atom. The monoisotopic (exact) mass is 376 g/mol. The predicted octanol–water partition coefficient (Wildman–Crippen LogP) is 5.11. The molecule has 0 bridgehead atoms. The SMILES string of the molecule is CC(C)SC(C(C)(C)NCC(C)(C)S)C1(c2ccccc2)C=CC=N1. The molecule has 0 aliphatic carbocycles. The molecule has 0 fully saturated rings. The van der Waals surface area contributed by atoms with Crippen molar-refractivity contribution in [1.82, 2.24) is 5.32 Å². The van der Waals surface area contributed by atoms with Crippen molar-refractivity contribution in [3.8, 4) is 0 Å². The van der Waals surface area contributed by atoms with E-state index in [9.17, 15) is 0 Å². The van der Waals surface area contributed by atoms with Crippen LogP contribution in [0, 0.1) is 0 Å². The van der Waals surface area contributed by atoms with Crippen molar-refractivity contribution in [3.05, 3.63) is 48.0 Å². The molecule has 1 heterocycles. The molecular formula is C21H32N2S2. The lowest BCUT2D eigenvalue weighted by Gasteiger charge is -2.46. The molecule has 2 atom stereocenters. The molecule has 0 amide bonds. The summed E-state index contributed by atoms with van der Waals surface area (Å²) in [5, 5.41) is 4.54. The van der Waals surface area contributed by atoms with Crippen LogP contribution < -0.4 is 5.32 Å². The average molecular weight is 377 g/mol. The van der Waals surface area contributed by atoms with Crippen LogP contribution in [-0.4, -0.2) is 33.5 Å². The average Bonchev–Trinajstić information content (AvgIpc) is 3.01. The first kappa shape index (κ1) is 20.6. The van der Waals surface area contributed by atoms with E-state index in [0.717, 1.165) is 6.54 Å². The van der Waals surface area contributed by atoms with E-state index in [2.05, 4.69) is 89.3 Å². The zero-order valence-electron chi connectivity index (χ0n) is 16.3. The molecule has 2 nitrogen and oxygen atoms in total. The van der Waals surface area contributed by atoms with Crippen LogP contribution >= 0.6 is 24.4 Å². The lowest BCUT2D eigenvalue weighted by atomic mass is 9.79. The zero-order chi connectivity index (χ0) is 18.7. The van der Waals surface area contributed by atoms with Crippen LogP contribution in [-0.2, 0) is 5.54 Å². The van der Waals surface area contributed by atoms with Gasteiger partial charge in [-0.1, -0.05) is 44.2 Å². The van der Waals surface area contributed by atoms with Gasteiger partial charge < -0.3 is 5.32 Å². The van der Waals surface area contributed by atoms with Crippen LogP contribution in [0.1, 0.15) is 47.1 Å². The Bertz CT molecular complexity index is 601. The van der Waals surface area contributed by atoms with Gasteiger partial charge in [0.25, 0.3) is 0 Å². The molecule has 1 N–H and O–H groups in total. The predicted molar refractivity (Wildman–Crippen MR) is 117 cm³/mol. The minimum Gasteiger partial charge on any atom is -0.309 e. The van der Waals surface area contributed by atoms with E-state index >= 15 is 0 Å².